The summed E-state index contributed by atoms with van der Waals surface area (Å²) in [5.74, 6) is -5.94. The van der Waals surface area contributed by atoms with Gasteiger partial charge in [0.2, 0.25) is 0 Å². The normalized spacial score (nSPS) is 31.5. The second kappa shape index (κ2) is 16.3. The monoisotopic (exact) mass is 636 g/mol. The maximum absolute atomic E-state index is 12.1. The van der Waals surface area contributed by atoms with Gasteiger partial charge in [0.15, 0.2) is 49.2 Å². The topological polar surface area (TPSA) is 232 Å². The van der Waals surface area contributed by atoms with Gasteiger partial charge >= 0.3 is 41.8 Å². The molecular formula is C26H36O18. The maximum Gasteiger partial charge on any atom is 0.303 e. The van der Waals surface area contributed by atoms with Crippen LogP contribution in [0.2, 0.25) is 0 Å². The van der Waals surface area contributed by atoms with Crippen molar-refractivity contribution in [1.29, 1.82) is 0 Å². The van der Waals surface area contributed by atoms with E-state index in [-0.39, 0.29) is 0 Å². The van der Waals surface area contributed by atoms with Gasteiger partial charge in [-0.2, -0.15) is 0 Å². The van der Waals surface area contributed by atoms with E-state index in [2.05, 4.69) is 0 Å². The number of aliphatic hydroxyl groups excluding tert-OH is 1. The zero-order valence-electron chi connectivity index (χ0n) is 25.1. The highest BCUT2D eigenvalue weighted by atomic mass is 16.7. The zero-order valence-corrected chi connectivity index (χ0v) is 25.1. The van der Waals surface area contributed by atoms with Gasteiger partial charge in [0.05, 0.1) is 6.61 Å². The molecule has 0 aliphatic carbocycles. The van der Waals surface area contributed by atoms with E-state index in [1.165, 1.54) is 0 Å². The molecule has 0 bridgehead atoms. The third kappa shape index (κ3) is 10.7. The molecule has 248 valence electrons. The van der Waals surface area contributed by atoms with Crippen LogP contribution in [0.1, 0.15) is 48.5 Å². The van der Waals surface area contributed by atoms with Crippen LogP contribution in [0.5, 0.6) is 0 Å². The highest BCUT2D eigenvalue weighted by molar-refractivity contribution is 5.69. The van der Waals surface area contributed by atoms with Crippen molar-refractivity contribution in [2.45, 2.75) is 110 Å². The summed E-state index contributed by atoms with van der Waals surface area (Å²) in [7, 11) is 0. The minimum Gasteiger partial charge on any atom is -0.463 e. The van der Waals surface area contributed by atoms with Gasteiger partial charge in [-0.1, -0.05) is 0 Å². The summed E-state index contributed by atoms with van der Waals surface area (Å²) in [6, 6.07) is 0. The lowest BCUT2D eigenvalue weighted by Gasteiger charge is -2.45. The van der Waals surface area contributed by atoms with Crippen LogP contribution >= 0.6 is 0 Å². The molecule has 2 rings (SSSR count). The number of carbonyl (C=O) groups is 7. The van der Waals surface area contributed by atoms with E-state index in [9.17, 15) is 38.7 Å². The van der Waals surface area contributed by atoms with Crippen LogP contribution in [0.15, 0.2) is 0 Å². The lowest BCUT2D eigenvalue weighted by atomic mass is 9.97. The summed E-state index contributed by atoms with van der Waals surface area (Å²) in [6.45, 7) is 6.15. The molecule has 44 heavy (non-hydrogen) atoms. The molecular weight excluding hydrogens is 600 g/mol. The first kappa shape index (κ1) is 36.3. The molecule has 2 heterocycles. The Morgan fingerprint density at radius 1 is 0.477 bits per heavy atom. The fourth-order valence-electron chi connectivity index (χ4n) is 4.52. The van der Waals surface area contributed by atoms with Crippen molar-refractivity contribution in [2.24, 2.45) is 0 Å². The molecule has 18 heteroatoms. The number of aliphatic hydroxyl groups is 1. The number of ether oxygens (including phenoxy) is 10. The number of esters is 7. The van der Waals surface area contributed by atoms with Gasteiger partial charge in [0.1, 0.15) is 18.8 Å². The molecule has 2 saturated heterocycles. The molecule has 1 N–H and O–H groups in total. The Labute approximate surface area is 251 Å². The highest BCUT2D eigenvalue weighted by Gasteiger charge is 2.55. The first-order valence-corrected chi connectivity index (χ1v) is 13.3. The van der Waals surface area contributed by atoms with Gasteiger partial charge in [-0.15, -0.1) is 0 Å². The zero-order chi connectivity index (χ0) is 33.3. The average Bonchev–Trinajstić information content (AvgIpc) is 2.87. The van der Waals surface area contributed by atoms with Gasteiger partial charge in [-0.3, -0.25) is 33.6 Å². The van der Waals surface area contributed by atoms with E-state index in [4.69, 9.17) is 47.4 Å². The molecule has 0 amide bonds. The van der Waals surface area contributed by atoms with Gasteiger partial charge < -0.3 is 52.5 Å². The molecule has 18 nitrogen and oxygen atoms in total. The lowest BCUT2D eigenvalue weighted by Crippen LogP contribution is -2.64. The summed E-state index contributed by atoms with van der Waals surface area (Å²) in [5.41, 5.74) is 0. The maximum atomic E-state index is 12.1. The summed E-state index contributed by atoms with van der Waals surface area (Å²) in [6.07, 6.45) is -15.6. The van der Waals surface area contributed by atoms with E-state index in [1.807, 2.05) is 0 Å². The van der Waals surface area contributed by atoms with Crippen LogP contribution in [0, 0.1) is 0 Å². The van der Waals surface area contributed by atoms with Crippen molar-refractivity contribution in [1.82, 2.24) is 0 Å². The smallest absolute Gasteiger partial charge is 0.303 e. The number of hydrogen-bond donors (Lipinski definition) is 1. The average molecular weight is 637 g/mol. The summed E-state index contributed by atoms with van der Waals surface area (Å²) >= 11 is 0. The predicted molar refractivity (Wildman–Crippen MR) is 135 cm³/mol. The van der Waals surface area contributed by atoms with Gasteiger partial charge in [0.25, 0.3) is 0 Å². The SMILES string of the molecule is CC(=O)OC[C@H]1O[C@H](OC[C@H]2O[C@@H](O)[C@H](OC(C)=O)[C@@H](OC(C)=O)[C@@H]2OC(C)=O)[C@H](OC(C)=O)[C@@H](OC(C)=O)[C@@H]1OC(C)=O. The summed E-state index contributed by atoms with van der Waals surface area (Å²) < 4.78 is 53.7. The van der Waals surface area contributed by atoms with Crippen LogP contribution < -0.4 is 0 Å². The van der Waals surface area contributed by atoms with Crippen molar-refractivity contribution in [3.63, 3.8) is 0 Å². The Morgan fingerprint density at radius 2 is 0.841 bits per heavy atom. The molecule has 10 atom stereocenters. The second-order valence-corrected chi connectivity index (χ2v) is 9.69. The predicted octanol–water partition coefficient (Wildman–Crippen LogP) is -1.40. The first-order valence-electron chi connectivity index (χ1n) is 13.3. The highest BCUT2D eigenvalue weighted by Crippen LogP contribution is 2.32. The Hall–Kier alpha value is -3.87. The van der Waals surface area contributed by atoms with Crippen LogP contribution in [-0.4, -0.2) is 122 Å². The first-order chi connectivity index (χ1) is 20.5. The fourth-order valence-corrected chi connectivity index (χ4v) is 4.52. The fraction of sp³-hybridized carbons (Fsp3) is 0.731. The number of hydrogen-bond acceptors (Lipinski definition) is 18. The molecule has 0 aromatic carbocycles. The summed E-state index contributed by atoms with van der Waals surface area (Å²) in [5, 5.41) is 10.6. The number of rotatable bonds is 11. The molecule has 0 aromatic rings. The van der Waals surface area contributed by atoms with Crippen LogP contribution in [-0.2, 0) is 80.9 Å². The minimum atomic E-state index is -1.90. The molecule has 2 aliphatic heterocycles. The van der Waals surface area contributed by atoms with Gasteiger partial charge in [-0.25, -0.2) is 0 Å². The third-order valence-electron chi connectivity index (χ3n) is 5.89. The van der Waals surface area contributed by atoms with Gasteiger partial charge in [0, 0.05) is 48.5 Å². The van der Waals surface area contributed by atoms with Crippen molar-refractivity contribution >= 4 is 41.8 Å². The Morgan fingerprint density at radius 3 is 1.27 bits per heavy atom. The Bertz CT molecular complexity index is 1090. The Kier molecular flexibility index (Phi) is 13.4. The Balaban J connectivity index is 2.48. The van der Waals surface area contributed by atoms with Crippen LogP contribution in [0.3, 0.4) is 0 Å². The molecule has 2 fully saturated rings. The molecule has 0 spiro atoms. The van der Waals surface area contributed by atoms with Crippen molar-refractivity contribution in [2.75, 3.05) is 13.2 Å². The van der Waals surface area contributed by atoms with E-state index < -0.39 is 116 Å². The number of carbonyl (C=O) groups excluding carboxylic acids is 7. The molecule has 0 saturated carbocycles. The second-order valence-electron chi connectivity index (χ2n) is 9.69. The van der Waals surface area contributed by atoms with Crippen molar-refractivity contribution < 1.29 is 86.0 Å². The standard InChI is InChI=1S/C26H36O18/c1-10(27)35-8-18-20(38-12(3)29)22(40-14(5)31)24(42-16(7)33)26(44-18)36-9-17-19(37-11(2)28)21(39-13(4)30)23(25(34)43-17)41-15(6)32/h17-26,34H,8-9H2,1-7H3/t17-,18-,19-,20-,21+,22+,23-,24-,25-,26+/m1/s1. The van der Waals surface area contributed by atoms with E-state index >= 15 is 0 Å². The van der Waals surface area contributed by atoms with E-state index in [0.29, 0.717) is 0 Å². The quantitative estimate of drug-likeness (QED) is 0.203. The third-order valence-corrected chi connectivity index (χ3v) is 5.89. The molecule has 0 aromatic heterocycles. The van der Waals surface area contributed by atoms with Crippen LogP contribution in [0.25, 0.3) is 0 Å². The van der Waals surface area contributed by atoms with Crippen molar-refractivity contribution in [3.8, 4) is 0 Å². The summed E-state index contributed by atoms with van der Waals surface area (Å²) in [4.78, 5) is 83.0. The minimum absolute atomic E-state index is 0.523. The van der Waals surface area contributed by atoms with Gasteiger partial charge in [-0.05, 0) is 0 Å². The van der Waals surface area contributed by atoms with E-state index in [0.717, 1.165) is 48.5 Å². The molecule has 0 radical (unpaired) electrons. The lowest BCUT2D eigenvalue weighted by molar-refractivity contribution is -0.330. The van der Waals surface area contributed by atoms with Crippen molar-refractivity contribution in [3.05, 3.63) is 0 Å². The van der Waals surface area contributed by atoms with Crippen LogP contribution in [0.4, 0.5) is 0 Å². The molecule has 0 unspecified atom stereocenters. The van der Waals surface area contributed by atoms with E-state index in [1.54, 1.807) is 0 Å². The molecule has 2 aliphatic rings. The largest absolute Gasteiger partial charge is 0.463 e.